The van der Waals surface area contributed by atoms with E-state index in [1.54, 1.807) is 11.3 Å². The van der Waals surface area contributed by atoms with Crippen LogP contribution in [0.3, 0.4) is 0 Å². The van der Waals surface area contributed by atoms with Crippen molar-refractivity contribution in [3.8, 4) is 0 Å². The second-order valence-electron chi connectivity index (χ2n) is 5.50. The van der Waals surface area contributed by atoms with Crippen LogP contribution >= 0.6 is 11.3 Å². The molecular formula is C16H21N3OS. The number of imidazole rings is 1. The van der Waals surface area contributed by atoms with Crippen molar-refractivity contribution in [2.45, 2.75) is 38.6 Å². The molecule has 1 saturated heterocycles. The first-order valence-electron chi connectivity index (χ1n) is 7.59. The first-order chi connectivity index (χ1) is 10.3. The molecule has 0 aliphatic carbocycles. The fraction of sp³-hybridized carbons (Fsp3) is 0.500. The van der Waals surface area contributed by atoms with Gasteiger partial charge in [0.15, 0.2) is 0 Å². The van der Waals surface area contributed by atoms with Crippen molar-refractivity contribution in [3.63, 3.8) is 0 Å². The maximum atomic E-state index is 12.4. The number of amides is 1. The van der Waals surface area contributed by atoms with Gasteiger partial charge in [-0.25, -0.2) is 4.98 Å². The number of likely N-dealkylation sites (tertiary alicyclic amines) is 1. The summed E-state index contributed by atoms with van der Waals surface area (Å²) in [4.78, 5) is 20.0. The van der Waals surface area contributed by atoms with E-state index >= 15 is 0 Å². The largest absolute Gasteiger partial charge is 0.340 e. The van der Waals surface area contributed by atoms with Crippen molar-refractivity contribution in [1.82, 2.24) is 14.5 Å². The summed E-state index contributed by atoms with van der Waals surface area (Å²) >= 11 is 1.66. The molecule has 0 spiro atoms. The molecule has 0 aromatic carbocycles. The fourth-order valence-electron chi connectivity index (χ4n) is 3.03. The number of hydrogen-bond donors (Lipinski definition) is 0. The van der Waals surface area contributed by atoms with Crippen molar-refractivity contribution in [1.29, 1.82) is 0 Å². The Morgan fingerprint density at radius 2 is 2.43 bits per heavy atom. The highest BCUT2D eigenvalue weighted by Gasteiger charge is 2.25. The van der Waals surface area contributed by atoms with Gasteiger partial charge in [0.1, 0.15) is 5.82 Å². The molecule has 2 aromatic rings. The average molecular weight is 303 g/mol. The highest BCUT2D eigenvalue weighted by atomic mass is 32.1. The Balaban J connectivity index is 1.67. The lowest BCUT2D eigenvalue weighted by molar-refractivity contribution is -0.132. The minimum Gasteiger partial charge on any atom is -0.340 e. The molecule has 0 saturated carbocycles. The minimum absolute atomic E-state index is 0.250. The smallest absolute Gasteiger partial charge is 0.227 e. The van der Waals surface area contributed by atoms with E-state index in [0.717, 1.165) is 43.1 Å². The van der Waals surface area contributed by atoms with Crippen molar-refractivity contribution in [3.05, 3.63) is 40.6 Å². The van der Waals surface area contributed by atoms with Crippen LogP contribution in [0.25, 0.3) is 0 Å². The highest BCUT2D eigenvalue weighted by Crippen LogP contribution is 2.24. The van der Waals surface area contributed by atoms with Crippen molar-refractivity contribution in [2.24, 2.45) is 0 Å². The van der Waals surface area contributed by atoms with Crippen LogP contribution < -0.4 is 0 Å². The van der Waals surface area contributed by atoms with Crippen molar-refractivity contribution in [2.75, 3.05) is 13.1 Å². The molecule has 1 fully saturated rings. The van der Waals surface area contributed by atoms with Crippen LogP contribution in [-0.4, -0.2) is 33.4 Å². The number of piperidine rings is 1. The van der Waals surface area contributed by atoms with Gasteiger partial charge in [0.25, 0.3) is 0 Å². The SMILES string of the molecule is CCc1nccn1[C@@H]1CCCN(C(=O)Cc2cccs2)C1. The van der Waals surface area contributed by atoms with E-state index in [4.69, 9.17) is 0 Å². The van der Waals surface area contributed by atoms with Gasteiger partial charge in [0.2, 0.25) is 5.91 Å². The Morgan fingerprint density at radius 1 is 1.52 bits per heavy atom. The molecule has 3 rings (SSSR count). The van der Waals surface area contributed by atoms with Crippen LogP contribution in [0.5, 0.6) is 0 Å². The number of carbonyl (C=O) groups is 1. The van der Waals surface area contributed by atoms with Gasteiger partial charge in [-0.05, 0) is 24.3 Å². The number of nitrogens with zero attached hydrogens (tertiary/aromatic N) is 3. The molecule has 0 bridgehead atoms. The second kappa shape index (κ2) is 6.43. The van der Waals surface area contributed by atoms with E-state index < -0.39 is 0 Å². The summed E-state index contributed by atoms with van der Waals surface area (Å²) in [5.74, 6) is 1.37. The van der Waals surface area contributed by atoms with Gasteiger partial charge in [-0.15, -0.1) is 11.3 Å². The predicted molar refractivity (Wildman–Crippen MR) is 84.5 cm³/mol. The summed E-state index contributed by atoms with van der Waals surface area (Å²) in [6.07, 6.45) is 7.60. The van der Waals surface area contributed by atoms with Crippen LogP contribution in [0, 0.1) is 0 Å². The van der Waals surface area contributed by atoms with Crippen LogP contribution in [0.4, 0.5) is 0 Å². The molecule has 0 N–H and O–H groups in total. The van der Waals surface area contributed by atoms with Gasteiger partial charge in [0.05, 0.1) is 12.5 Å². The van der Waals surface area contributed by atoms with Crippen LogP contribution in [0.15, 0.2) is 29.9 Å². The maximum absolute atomic E-state index is 12.4. The number of thiophene rings is 1. The molecule has 1 atom stereocenters. The summed E-state index contributed by atoms with van der Waals surface area (Å²) in [7, 11) is 0. The normalized spacial score (nSPS) is 18.9. The molecule has 21 heavy (non-hydrogen) atoms. The topological polar surface area (TPSA) is 38.1 Å². The molecule has 112 valence electrons. The fourth-order valence-corrected chi connectivity index (χ4v) is 3.73. The van der Waals surface area contributed by atoms with Gasteiger partial charge in [-0.1, -0.05) is 13.0 Å². The number of aryl methyl sites for hydroxylation is 1. The summed E-state index contributed by atoms with van der Waals surface area (Å²) in [5.41, 5.74) is 0. The predicted octanol–water partition coefficient (Wildman–Crippen LogP) is 2.91. The molecule has 2 aromatic heterocycles. The highest BCUT2D eigenvalue weighted by molar-refractivity contribution is 7.10. The number of aromatic nitrogens is 2. The lowest BCUT2D eigenvalue weighted by Crippen LogP contribution is -2.41. The Hall–Kier alpha value is -1.62. The first kappa shape index (κ1) is 14.3. The van der Waals surface area contributed by atoms with E-state index in [9.17, 15) is 4.79 Å². The van der Waals surface area contributed by atoms with Crippen LogP contribution in [-0.2, 0) is 17.6 Å². The molecule has 1 amide bonds. The van der Waals surface area contributed by atoms with E-state index in [1.165, 1.54) is 0 Å². The van der Waals surface area contributed by atoms with Gasteiger partial charge in [-0.2, -0.15) is 0 Å². The quantitative estimate of drug-likeness (QED) is 0.871. The van der Waals surface area contributed by atoms with E-state index in [-0.39, 0.29) is 5.91 Å². The third kappa shape index (κ3) is 3.18. The molecule has 1 aliphatic heterocycles. The number of hydrogen-bond acceptors (Lipinski definition) is 3. The summed E-state index contributed by atoms with van der Waals surface area (Å²) in [6.45, 7) is 3.83. The van der Waals surface area contributed by atoms with Crippen molar-refractivity contribution < 1.29 is 4.79 Å². The maximum Gasteiger partial charge on any atom is 0.227 e. The van der Waals surface area contributed by atoms with Gasteiger partial charge < -0.3 is 9.47 Å². The standard InChI is InChI=1S/C16H21N3OS/c1-2-15-17-7-9-19(15)13-5-3-8-18(12-13)16(20)11-14-6-4-10-21-14/h4,6-7,9-10,13H,2-3,5,8,11-12H2,1H3/t13-/m1/s1. The van der Waals surface area contributed by atoms with E-state index in [1.807, 2.05) is 28.6 Å². The summed E-state index contributed by atoms with van der Waals surface area (Å²) < 4.78 is 2.25. The monoisotopic (exact) mass is 303 g/mol. The molecule has 4 nitrogen and oxygen atoms in total. The number of carbonyl (C=O) groups excluding carboxylic acids is 1. The Bertz CT molecular complexity index is 590. The lowest BCUT2D eigenvalue weighted by atomic mass is 10.0. The zero-order chi connectivity index (χ0) is 14.7. The van der Waals surface area contributed by atoms with E-state index in [2.05, 4.69) is 22.7 Å². The van der Waals surface area contributed by atoms with E-state index in [0.29, 0.717) is 12.5 Å². The Morgan fingerprint density at radius 3 is 3.19 bits per heavy atom. The molecule has 3 heterocycles. The van der Waals surface area contributed by atoms with Gasteiger partial charge in [0, 0.05) is 36.8 Å². The zero-order valence-corrected chi connectivity index (χ0v) is 13.2. The lowest BCUT2D eigenvalue weighted by Gasteiger charge is -2.34. The van der Waals surface area contributed by atoms with Crippen molar-refractivity contribution >= 4 is 17.2 Å². The Labute approximate surface area is 129 Å². The van der Waals surface area contributed by atoms with Crippen LogP contribution in [0.1, 0.15) is 36.5 Å². The first-order valence-corrected chi connectivity index (χ1v) is 8.47. The third-order valence-corrected chi connectivity index (χ3v) is 4.99. The molecule has 1 aliphatic rings. The molecule has 0 radical (unpaired) electrons. The van der Waals surface area contributed by atoms with Crippen LogP contribution in [0.2, 0.25) is 0 Å². The van der Waals surface area contributed by atoms with Gasteiger partial charge >= 0.3 is 0 Å². The molecular weight excluding hydrogens is 282 g/mol. The Kier molecular flexibility index (Phi) is 4.39. The molecule has 0 unspecified atom stereocenters. The number of rotatable bonds is 4. The average Bonchev–Trinajstić information content (AvgIpc) is 3.18. The minimum atomic E-state index is 0.250. The zero-order valence-electron chi connectivity index (χ0n) is 12.4. The van der Waals surface area contributed by atoms with Gasteiger partial charge in [-0.3, -0.25) is 4.79 Å². The summed E-state index contributed by atoms with van der Waals surface area (Å²) in [6, 6.07) is 4.42. The summed E-state index contributed by atoms with van der Waals surface area (Å²) in [5, 5.41) is 2.03. The second-order valence-corrected chi connectivity index (χ2v) is 6.53. The molecule has 5 heteroatoms. The third-order valence-electron chi connectivity index (χ3n) is 4.11.